The average Bonchev–Trinajstić information content (AvgIpc) is 2.76. The van der Waals surface area contributed by atoms with Crippen molar-refractivity contribution in [3.05, 3.63) is 40.9 Å². The third-order valence-electron chi connectivity index (χ3n) is 2.16. The summed E-state index contributed by atoms with van der Waals surface area (Å²) in [7, 11) is 0. The Labute approximate surface area is 110 Å². The van der Waals surface area contributed by atoms with Crippen LogP contribution in [0.3, 0.4) is 0 Å². The van der Waals surface area contributed by atoms with E-state index < -0.39 is 11.7 Å². The van der Waals surface area contributed by atoms with Crippen molar-refractivity contribution < 1.29 is 13.2 Å². The first-order valence-electron chi connectivity index (χ1n) is 4.94. The van der Waals surface area contributed by atoms with Crippen LogP contribution in [0.1, 0.15) is 11.3 Å². The van der Waals surface area contributed by atoms with Gasteiger partial charge in [0.25, 0.3) is 0 Å². The first-order chi connectivity index (χ1) is 8.50. The standard InChI is InChI=1S/C11H8ClF3N2S/c12-5-7-6-18-10(16-7)17-9-4-2-1-3-8(9)11(13,14)15/h1-4,6H,5H2,(H,16,17). The van der Waals surface area contributed by atoms with E-state index in [9.17, 15) is 13.2 Å². The maximum atomic E-state index is 12.7. The average molecular weight is 293 g/mol. The zero-order chi connectivity index (χ0) is 13.2. The number of benzene rings is 1. The lowest BCUT2D eigenvalue weighted by Crippen LogP contribution is -2.08. The van der Waals surface area contributed by atoms with Crippen molar-refractivity contribution in [3.63, 3.8) is 0 Å². The number of aromatic nitrogens is 1. The van der Waals surface area contributed by atoms with E-state index in [-0.39, 0.29) is 11.6 Å². The van der Waals surface area contributed by atoms with E-state index in [2.05, 4.69) is 10.3 Å². The van der Waals surface area contributed by atoms with Crippen molar-refractivity contribution in [2.45, 2.75) is 12.1 Å². The van der Waals surface area contributed by atoms with Crippen LogP contribution in [0.2, 0.25) is 0 Å². The third kappa shape index (κ3) is 2.94. The van der Waals surface area contributed by atoms with Crippen LogP contribution < -0.4 is 5.32 Å². The molecule has 1 aromatic carbocycles. The smallest absolute Gasteiger partial charge is 0.331 e. The summed E-state index contributed by atoms with van der Waals surface area (Å²) in [4.78, 5) is 4.06. The van der Waals surface area contributed by atoms with E-state index in [1.54, 1.807) is 5.38 Å². The molecular formula is C11H8ClF3N2S. The fourth-order valence-electron chi connectivity index (χ4n) is 1.38. The number of para-hydroxylation sites is 1. The Morgan fingerprint density at radius 2 is 2.00 bits per heavy atom. The van der Waals surface area contributed by atoms with Crippen molar-refractivity contribution in [1.82, 2.24) is 4.98 Å². The molecule has 96 valence electrons. The van der Waals surface area contributed by atoms with Gasteiger partial charge in [-0.2, -0.15) is 13.2 Å². The van der Waals surface area contributed by atoms with Gasteiger partial charge in [-0.25, -0.2) is 4.98 Å². The van der Waals surface area contributed by atoms with E-state index >= 15 is 0 Å². The van der Waals surface area contributed by atoms with Gasteiger partial charge in [0.15, 0.2) is 5.13 Å². The molecule has 0 saturated carbocycles. The topological polar surface area (TPSA) is 24.9 Å². The second-order valence-electron chi connectivity index (χ2n) is 3.45. The summed E-state index contributed by atoms with van der Waals surface area (Å²) < 4.78 is 38.2. The molecule has 7 heteroatoms. The molecule has 1 heterocycles. The largest absolute Gasteiger partial charge is 0.418 e. The molecule has 1 N–H and O–H groups in total. The van der Waals surface area contributed by atoms with Gasteiger partial charge in [0, 0.05) is 5.38 Å². The van der Waals surface area contributed by atoms with Gasteiger partial charge in [-0.15, -0.1) is 22.9 Å². The number of hydrogen-bond donors (Lipinski definition) is 1. The Bertz CT molecular complexity index is 539. The first-order valence-corrected chi connectivity index (χ1v) is 6.36. The highest BCUT2D eigenvalue weighted by Crippen LogP contribution is 2.36. The molecule has 0 bridgehead atoms. The van der Waals surface area contributed by atoms with E-state index in [0.29, 0.717) is 10.8 Å². The molecule has 0 aliphatic carbocycles. The van der Waals surface area contributed by atoms with Crippen LogP contribution >= 0.6 is 22.9 Å². The van der Waals surface area contributed by atoms with Gasteiger partial charge in [-0.05, 0) is 12.1 Å². The summed E-state index contributed by atoms with van der Waals surface area (Å²) in [6, 6.07) is 5.27. The first kappa shape index (κ1) is 13.2. The molecule has 0 radical (unpaired) electrons. The molecule has 2 aromatic rings. The van der Waals surface area contributed by atoms with Crippen molar-refractivity contribution >= 4 is 33.8 Å². The molecule has 0 spiro atoms. The molecular weight excluding hydrogens is 285 g/mol. The van der Waals surface area contributed by atoms with Gasteiger partial charge in [0.05, 0.1) is 22.8 Å². The Morgan fingerprint density at radius 1 is 1.28 bits per heavy atom. The number of halogens is 4. The Morgan fingerprint density at radius 3 is 2.61 bits per heavy atom. The van der Waals surface area contributed by atoms with Gasteiger partial charge in [-0.3, -0.25) is 0 Å². The van der Waals surface area contributed by atoms with Crippen LogP contribution in [0.4, 0.5) is 24.0 Å². The lowest BCUT2D eigenvalue weighted by Gasteiger charge is -2.12. The van der Waals surface area contributed by atoms with Gasteiger partial charge >= 0.3 is 6.18 Å². The van der Waals surface area contributed by atoms with Gasteiger partial charge < -0.3 is 5.32 Å². The zero-order valence-corrected chi connectivity index (χ0v) is 10.5. The van der Waals surface area contributed by atoms with E-state index in [1.165, 1.54) is 29.5 Å². The minimum absolute atomic E-state index is 0.0135. The van der Waals surface area contributed by atoms with E-state index in [1.807, 2.05) is 0 Å². The number of thiazole rings is 1. The molecule has 0 amide bonds. The number of anilines is 2. The quantitative estimate of drug-likeness (QED) is 0.833. The Hall–Kier alpha value is -1.27. The summed E-state index contributed by atoms with van der Waals surface area (Å²) in [6.45, 7) is 0. The van der Waals surface area contributed by atoms with Crippen LogP contribution in [0.25, 0.3) is 0 Å². The number of nitrogens with one attached hydrogen (secondary N) is 1. The fraction of sp³-hybridized carbons (Fsp3) is 0.182. The summed E-state index contributed by atoms with van der Waals surface area (Å²) in [5, 5.41) is 4.75. The number of alkyl halides is 4. The molecule has 18 heavy (non-hydrogen) atoms. The number of hydrogen-bond acceptors (Lipinski definition) is 3. The summed E-state index contributed by atoms with van der Waals surface area (Å²) in [6.07, 6.45) is -4.39. The van der Waals surface area contributed by atoms with Crippen molar-refractivity contribution in [2.24, 2.45) is 0 Å². The Kier molecular flexibility index (Phi) is 3.77. The van der Waals surface area contributed by atoms with E-state index in [0.717, 1.165) is 6.07 Å². The molecule has 0 saturated heterocycles. The number of rotatable bonds is 3. The van der Waals surface area contributed by atoms with Crippen LogP contribution in [-0.2, 0) is 12.1 Å². The number of nitrogens with zero attached hydrogens (tertiary/aromatic N) is 1. The highest BCUT2D eigenvalue weighted by atomic mass is 35.5. The summed E-state index contributed by atoms with van der Waals surface area (Å²) in [5.41, 5.74) is -0.0956. The fourth-order valence-corrected chi connectivity index (χ4v) is 2.33. The maximum absolute atomic E-state index is 12.7. The molecule has 0 atom stereocenters. The monoisotopic (exact) mass is 292 g/mol. The molecule has 2 rings (SSSR count). The highest BCUT2D eigenvalue weighted by Gasteiger charge is 2.33. The predicted molar refractivity (Wildman–Crippen MR) is 66.4 cm³/mol. The second kappa shape index (κ2) is 5.16. The molecule has 1 aromatic heterocycles. The van der Waals surface area contributed by atoms with Gasteiger partial charge in [-0.1, -0.05) is 12.1 Å². The van der Waals surface area contributed by atoms with E-state index in [4.69, 9.17) is 11.6 Å². The molecule has 0 fully saturated rings. The van der Waals surface area contributed by atoms with Crippen LogP contribution in [0, 0.1) is 0 Å². The van der Waals surface area contributed by atoms with Crippen molar-refractivity contribution in [3.8, 4) is 0 Å². The van der Waals surface area contributed by atoms with Gasteiger partial charge in [0.2, 0.25) is 0 Å². The minimum Gasteiger partial charge on any atom is -0.331 e. The van der Waals surface area contributed by atoms with Gasteiger partial charge in [0.1, 0.15) is 0 Å². The lowest BCUT2D eigenvalue weighted by atomic mass is 10.2. The van der Waals surface area contributed by atoms with Crippen LogP contribution in [-0.4, -0.2) is 4.98 Å². The summed E-state index contributed by atoms with van der Waals surface area (Å²) in [5.74, 6) is 0.235. The zero-order valence-electron chi connectivity index (χ0n) is 8.96. The second-order valence-corrected chi connectivity index (χ2v) is 4.57. The third-order valence-corrected chi connectivity index (χ3v) is 3.24. The molecule has 2 nitrogen and oxygen atoms in total. The maximum Gasteiger partial charge on any atom is 0.418 e. The van der Waals surface area contributed by atoms with Crippen LogP contribution in [0.5, 0.6) is 0 Å². The SMILES string of the molecule is FC(F)(F)c1ccccc1Nc1nc(CCl)cs1. The van der Waals surface area contributed by atoms with Crippen molar-refractivity contribution in [2.75, 3.05) is 5.32 Å². The Balaban J connectivity index is 2.29. The lowest BCUT2D eigenvalue weighted by molar-refractivity contribution is -0.136. The highest BCUT2D eigenvalue weighted by molar-refractivity contribution is 7.13. The molecule has 0 aliphatic rings. The normalized spacial score (nSPS) is 11.6. The molecule has 0 unspecified atom stereocenters. The van der Waals surface area contributed by atoms with Crippen LogP contribution in [0.15, 0.2) is 29.6 Å². The minimum atomic E-state index is -4.39. The predicted octanol–water partition coefficient (Wildman–Crippen LogP) is 4.64. The summed E-state index contributed by atoms with van der Waals surface area (Å²) >= 11 is 6.80. The molecule has 0 aliphatic heterocycles. The van der Waals surface area contributed by atoms with Crippen molar-refractivity contribution in [1.29, 1.82) is 0 Å².